The summed E-state index contributed by atoms with van der Waals surface area (Å²) >= 11 is 0. The lowest BCUT2D eigenvalue weighted by Gasteiger charge is -2.20. The van der Waals surface area contributed by atoms with Gasteiger partial charge in [0.2, 0.25) is 5.91 Å². The SMILES string of the molecule is CC(C)c1cc(C(F)(F)F)c2c(c1)C(C)(C)C(=O)N2C. The monoisotopic (exact) mass is 285 g/mol. The van der Waals surface area contributed by atoms with Gasteiger partial charge in [0.15, 0.2) is 0 Å². The van der Waals surface area contributed by atoms with E-state index < -0.39 is 17.2 Å². The Balaban J connectivity index is 2.83. The highest BCUT2D eigenvalue weighted by molar-refractivity contribution is 6.08. The van der Waals surface area contributed by atoms with Crippen LogP contribution < -0.4 is 4.90 Å². The van der Waals surface area contributed by atoms with Crippen molar-refractivity contribution >= 4 is 11.6 Å². The molecule has 1 heterocycles. The van der Waals surface area contributed by atoms with Gasteiger partial charge in [-0.1, -0.05) is 19.9 Å². The molecule has 0 radical (unpaired) electrons. The molecule has 0 spiro atoms. The molecule has 0 unspecified atom stereocenters. The number of halogens is 3. The number of alkyl halides is 3. The first-order valence-corrected chi connectivity index (χ1v) is 6.51. The van der Waals surface area contributed by atoms with Crippen LogP contribution in [0.3, 0.4) is 0 Å². The Bertz CT molecular complexity index is 573. The molecule has 0 N–H and O–H groups in total. The Morgan fingerprint density at radius 1 is 1.20 bits per heavy atom. The highest BCUT2D eigenvalue weighted by Crippen LogP contribution is 2.48. The normalized spacial score (nSPS) is 17.9. The molecular weight excluding hydrogens is 267 g/mol. The third-order valence-corrected chi connectivity index (χ3v) is 3.95. The van der Waals surface area contributed by atoms with Gasteiger partial charge in [-0.3, -0.25) is 4.79 Å². The average Bonchev–Trinajstić information content (AvgIpc) is 2.49. The fraction of sp³-hybridized carbons (Fsp3) is 0.533. The van der Waals surface area contributed by atoms with E-state index in [0.29, 0.717) is 11.1 Å². The smallest absolute Gasteiger partial charge is 0.314 e. The minimum atomic E-state index is -4.47. The molecule has 1 amide bonds. The molecule has 1 aromatic carbocycles. The minimum absolute atomic E-state index is 0.00287. The molecule has 20 heavy (non-hydrogen) atoms. The first kappa shape index (κ1) is 14.9. The first-order chi connectivity index (χ1) is 8.98. The number of hydrogen-bond acceptors (Lipinski definition) is 1. The molecule has 0 saturated carbocycles. The molecule has 1 aromatic rings. The van der Waals surface area contributed by atoms with E-state index in [1.165, 1.54) is 7.05 Å². The van der Waals surface area contributed by atoms with Gasteiger partial charge in [-0.25, -0.2) is 0 Å². The van der Waals surface area contributed by atoms with Gasteiger partial charge in [0.05, 0.1) is 16.7 Å². The summed E-state index contributed by atoms with van der Waals surface area (Å²) in [6, 6.07) is 2.89. The zero-order valence-electron chi connectivity index (χ0n) is 12.2. The molecule has 110 valence electrons. The molecule has 0 fully saturated rings. The van der Waals surface area contributed by atoms with Crippen LogP contribution in [0.2, 0.25) is 0 Å². The molecule has 0 aromatic heterocycles. The maximum absolute atomic E-state index is 13.3. The second-order valence-electron chi connectivity index (χ2n) is 6.11. The molecule has 5 heteroatoms. The van der Waals surface area contributed by atoms with E-state index in [1.807, 2.05) is 13.8 Å². The zero-order valence-corrected chi connectivity index (χ0v) is 12.2. The van der Waals surface area contributed by atoms with Crippen molar-refractivity contribution in [2.45, 2.75) is 45.2 Å². The lowest BCUT2D eigenvalue weighted by Crippen LogP contribution is -2.33. The maximum Gasteiger partial charge on any atom is 0.418 e. The van der Waals surface area contributed by atoms with Gasteiger partial charge in [-0.15, -0.1) is 0 Å². The lowest BCUT2D eigenvalue weighted by molar-refractivity contribution is -0.137. The minimum Gasteiger partial charge on any atom is -0.314 e. The summed E-state index contributed by atoms with van der Waals surface area (Å²) in [6.07, 6.45) is -4.47. The summed E-state index contributed by atoms with van der Waals surface area (Å²) in [6.45, 7) is 7.02. The number of likely N-dealkylation sites (N-methyl/N-ethyl adjacent to an activating group) is 1. The Morgan fingerprint density at radius 3 is 2.20 bits per heavy atom. The Kier molecular flexibility index (Phi) is 3.15. The fourth-order valence-electron chi connectivity index (χ4n) is 2.68. The molecule has 0 saturated heterocycles. The summed E-state index contributed by atoms with van der Waals surface area (Å²) in [4.78, 5) is 13.3. The molecule has 2 nitrogen and oxygen atoms in total. The van der Waals surface area contributed by atoms with Crippen LogP contribution in [0.4, 0.5) is 18.9 Å². The van der Waals surface area contributed by atoms with Crippen LogP contribution in [-0.2, 0) is 16.4 Å². The van der Waals surface area contributed by atoms with Crippen LogP contribution >= 0.6 is 0 Å². The van der Waals surface area contributed by atoms with E-state index in [1.54, 1.807) is 19.9 Å². The van der Waals surface area contributed by atoms with E-state index in [0.717, 1.165) is 11.0 Å². The third kappa shape index (κ3) is 2.00. The Hall–Kier alpha value is -1.52. The lowest BCUT2D eigenvalue weighted by atomic mass is 9.83. The van der Waals surface area contributed by atoms with Crippen LogP contribution in [0.1, 0.15) is 50.3 Å². The van der Waals surface area contributed by atoms with Crippen molar-refractivity contribution in [3.8, 4) is 0 Å². The van der Waals surface area contributed by atoms with Gasteiger partial charge < -0.3 is 4.90 Å². The first-order valence-electron chi connectivity index (χ1n) is 6.51. The van der Waals surface area contributed by atoms with E-state index in [2.05, 4.69) is 0 Å². The van der Waals surface area contributed by atoms with Crippen molar-refractivity contribution < 1.29 is 18.0 Å². The van der Waals surface area contributed by atoms with Crippen LogP contribution in [0.15, 0.2) is 12.1 Å². The average molecular weight is 285 g/mol. The van der Waals surface area contributed by atoms with Gasteiger partial charge in [0, 0.05) is 7.05 Å². The van der Waals surface area contributed by atoms with Gasteiger partial charge in [0.25, 0.3) is 0 Å². The molecule has 0 aliphatic carbocycles. The number of carbonyl (C=O) groups is 1. The van der Waals surface area contributed by atoms with E-state index >= 15 is 0 Å². The molecule has 0 bridgehead atoms. The van der Waals surface area contributed by atoms with E-state index in [9.17, 15) is 18.0 Å². The van der Waals surface area contributed by atoms with E-state index in [4.69, 9.17) is 0 Å². The number of nitrogens with zero attached hydrogens (tertiary/aromatic N) is 1. The van der Waals surface area contributed by atoms with Crippen LogP contribution in [0.25, 0.3) is 0 Å². The Morgan fingerprint density at radius 2 is 1.75 bits per heavy atom. The highest BCUT2D eigenvalue weighted by Gasteiger charge is 2.48. The number of amides is 1. The quantitative estimate of drug-likeness (QED) is 0.761. The molecular formula is C15H18F3NO. The molecule has 0 atom stereocenters. The van der Waals surface area contributed by atoms with E-state index in [-0.39, 0.29) is 17.5 Å². The van der Waals surface area contributed by atoms with Gasteiger partial charge in [-0.2, -0.15) is 13.2 Å². The molecule has 1 aliphatic rings. The second-order valence-corrected chi connectivity index (χ2v) is 6.11. The number of rotatable bonds is 1. The van der Waals surface area contributed by atoms with Crippen molar-refractivity contribution in [1.29, 1.82) is 0 Å². The van der Waals surface area contributed by atoms with Crippen molar-refractivity contribution in [2.75, 3.05) is 11.9 Å². The number of anilines is 1. The third-order valence-electron chi connectivity index (χ3n) is 3.95. The van der Waals surface area contributed by atoms with Crippen LogP contribution in [0, 0.1) is 0 Å². The van der Waals surface area contributed by atoms with Crippen molar-refractivity contribution in [1.82, 2.24) is 0 Å². The summed E-state index contributed by atoms with van der Waals surface area (Å²) in [5.74, 6) is -0.336. The second kappa shape index (κ2) is 4.24. The van der Waals surface area contributed by atoms with Crippen molar-refractivity contribution in [3.05, 3.63) is 28.8 Å². The van der Waals surface area contributed by atoms with Crippen LogP contribution in [0.5, 0.6) is 0 Å². The summed E-state index contributed by atoms with van der Waals surface area (Å²) in [5.41, 5.74) is -0.581. The number of carbonyl (C=O) groups excluding carboxylic acids is 1. The predicted molar refractivity (Wildman–Crippen MR) is 72.0 cm³/mol. The van der Waals surface area contributed by atoms with Crippen molar-refractivity contribution in [2.24, 2.45) is 0 Å². The van der Waals surface area contributed by atoms with Gasteiger partial charge in [0.1, 0.15) is 0 Å². The molecule has 2 rings (SSSR count). The zero-order chi connectivity index (χ0) is 15.5. The Labute approximate surface area is 116 Å². The summed E-state index contributed by atoms with van der Waals surface area (Å²) in [5, 5.41) is 0. The number of hydrogen-bond donors (Lipinski definition) is 0. The maximum atomic E-state index is 13.3. The van der Waals surface area contributed by atoms with Gasteiger partial charge >= 0.3 is 6.18 Å². The summed E-state index contributed by atoms with van der Waals surface area (Å²) < 4.78 is 39.9. The van der Waals surface area contributed by atoms with Crippen LogP contribution in [-0.4, -0.2) is 13.0 Å². The topological polar surface area (TPSA) is 20.3 Å². The summed E-state index contributed by atoms with van der Waals surface area (Å²) in [7, 11) is 1.40. The van der Waals surface area contributed by atoms with Crippen molar-refractivity contribution in [3.63, 3.8) is 0 Å². The highest BCUT2D eigenvalue weighted by atomic mass is 19.4. The standard InChI is InChI=1S/C15H18F3NO/c1-8(2)9-6-10-12(11(7-9)15(16,17)18)19(5)13(20)14(10,3)4/h6-8H,1-5H3. The predicted octanol–water partition coefficient (Wildman–Crippen LogP) is 4.08. The number of benzene rings is 1. The van der Waals surface area contributed by atoms with Gasteiger partial charge in [-0.05, 0) is 37.0 Å². The number of fused-ring (bicyclic) bond motifs is 1. The largest absolute Gasteiger partial charge is 0.418 e. The molecule has 1 aliphatic heterocycles. The fourth-order valence-corrected chi connectivity index (χ4v) is 2.68.